The van der Waals surface area contributed by atoms with Crippen LogP contribution in [0.25, 0.3) is 0 Å². The van der Waals surface area contributed by atoms with Crippen LogP contribution in [0.2, 0.25) is 0 Å². The highest BCUT2D eigenvalue weighted by molar-refractivity contribution is 5.97. The van der Waals surface area contributed by atoms with Gasteiger partial charge in [-0.2, -0.15) is 0 Å². The number of hydrogen-bond acceptors (Lipinski definition) is 3. The van der Waals surface area contributed by atoms with Crippen LogP contribution >= 0.6 is 0 Å². The number of rotatable bonds is 3. The fourth-order valence-corrected chi connectivity index (χ4v) is 3.89. The fraction of sp³-hybridized carbons (Fsp3) is 0.350. The van der Waals surface area contributed by atoms with E-state index in [2.05, 4.69) is 29.2 Å². The summed E-state index contributed by atoms with van der Waals surface area (Å²) in [6, 6.07) is 15.9. The van der Waals surface area contributed by atoms with Gasteiger partial charge in [-0.1, -0.05) is 30.3 Å². The number of phenolic OH excluding ortho intramolecular Hbond substituents is 1. The molecule has 2 heterocycles. The molecule has 2 aliphatic heterocycles. The van der Waals surface area contributed by atoms with Gasteiger partial charge in [0.2, 0.25) is 0 Å². The minimum absolute atomic E-state index is 0.114. The molecule has 2 aromatic carbocycles. The summed E-state index contributed by atoms with van der Waals surface area (Å²) < 4.78 is 0. The maximum Gasteiger partial charge on any atom is 0.254 e. The van der Waals surface area contributed by atoms with Gasteiger partial charge in [-0.25, -0.2) is 0 Å². The van der Waals surface area contributed by atoms with E-state index in [-0.39, 0.29) is 11.7 Å². The summed E-state index contributed by atoms with van der Waals surface area (Å²) in [7, 11) is 0. The van der Waals surface area contributed by atoms with Crippen molar-refractivity contribution in [3.8, 4) is 5.75 Å². The molecule has 4 heteroatoms. The van der Waals surface area contributed by atoms with Gasteiger partial charge in [0.05, 0.1) is 0 Å². The lowest BCUT2D eigenvalue weighted by molar-refractivity contribution is 0.0663. The number of nitrogens with zero attached hydrogens (tertiary/aromatic N) is 2. The van der Waals surface area contributed by atoms with E-state index in [1.165, 1.54) is 5.56 Å². The van der Waals surface area contributed by atoms with Gasteiger partial charge < -0.3 is 10.0 Å². The maximum atomic E-state index is 12.8. The molecule has 1 fully saturated rings. The van der Waals surface area contributed by atoms with Crippen molar-refractivity contribution in [2.24, 2.45) is 0 Å². The highest BCUT2D eigenvalue weighted by atomic mass is 16.3. The third-order valence-electron chi connectivity index (χ3n) is 5.14. The van der Waals surface area contributed by atoms with Gasteiger partial charge in [0.25, 0.3) is 5.91 Å². The number of carbonyl (C=O) groups excluding carboxylic acids is 1. The second-order valence-electron chi connectivity index (χ2n) is 6.75. The summed E-state index contributed by atoms with van der Waals surface area (Å²) in [5, 5.41) is 9.60. The quantitative estimate of drug-likeness (QED) is 0.945. The molecule has 0 aromatic heterocycles. The zero-order chi connectivity index (χ0) is 16.5. The number of likely N-dealkylation sites (tertiary alicyclic amines) is 1. The van der Waals surface area contributed by atoms with Crippen LogP contribution in [0.5, 0.6) is 5.75 Å². The molecular formula is C20H22N2O2. The molecule has 4 nitrogen and oxygen atoms in total. The Labute approximate surface area is 142 Å². The number of benzene rings is 2. The summed E-state index contributed by atoms with van der Waals surface area (Å²) in [6.45, 7) is 3.67. The summed E-state index contributed by atoms with van der Waals surface area (Å²) in [5.74, 6) is 0.354. The van der Waals surface area contributed by atoms with Crippen molar-refractivity contribution in [3.63, 3.8) is 0 Å². The predicted octanol–water partition coefficient (Wildman–Crippen LogP) is 2.67. The Morgan fingerprint density at radius 1 is 1.08 bits per heavy atom. The first-order chi connectivity index (χ1) is 11.7. The molecule has 0 spiro atoms. The Hall–Kier alpha value is -2.33. The van der Waals surface area contributed by atoms with Crippen LogP contribution in [-0.4, -0.2) is 46.5 Å². The molecule has 124 valence electrons. The lowest BCUT2D eigenvalue weighted by Crippen LogP contribution is -2.45. The Bertz CT molecular complexity index is 745. The third-order valence-corrected chi connectivity index (χ3v) is 5.14. The molecule has 1 saturated heterocycles. The lowest BCUT2D eigenvalue weighted by Gasteiger charge is -2.33. The minimum atomic E-state index is 0.114. The predicted molar refractivity (Wildman–Crippen MR) is 93.0 cm³/mol. The van der Waals surface area contributed by atoms with E-state index in [4.69, 9.17) is 0 Å². The molecule has 0 saturated carbocycles. The van der Waals surface area contributed by atoms with Crippen molar-refractivity contribution in [1.82, 2.24) is 9.80 Å². The fourth-order valence-electron chi connectivity index (χ4n) is 3.89. The monoisotopic (exact) mass is 322 g/mol. The van der Waals surface area contributed by atoms with Crippen molar-refractivity contribution in [2.75, 3.05) is 19.6 Å². The lowest BCUT2D eigenvalue weighted by atomic mass is 9.97. The van der Waals surface area contributed by atoms with Gasteiger partial charge in [-0.05, 0) is 42.2 Å². The first-order valence-electron chi connectivity index (χ1n) is 8.60. The molecule has 1 unspecified atom stereocenters. The first-order valence-corrected chi connectivity index (χ1v) is 8.60. The molecule has 1 N–H and O–H groups in total. The highest BCUT2D eigenvalue weighted by Crippen LogP contribution is 2.27. The van der Waals surface area contributed by atoms with Crippen LogP contribution in [-0.2, 0) is 13.0 Å². The normalized spacial score (nSPS) is 21.1. The van der Waals surface area contributed by atoms with Crippen LogP contribution in [0, 0.1) is 0 Å². The van der Waals surface area contributed by atoms with Gasteiger partial charge in [0, 0.05) is 37.8 Å². The van der Waals surface area contributed by atoms with Crippen molar-refractivity contribution in [2.45, 2.75) is 25.4 Å². The van der Waals surface area contributed by atoms with Crippen LogP contribution in [0.3, 0.4) is 0 Å². The topological polar surface area (TPSA) is 43.8 Å². The van der Waals surface area contributed by atoms with Gasteiger partial charge in [-0.15, -0.1) is 0 Å². The Kier molecular flexibility index (Phi) is 3.98. The van der Waals surface area contributed by atoms with Crippen LogP contribution < -0.4 is 0 Å². The number of fused-ring (bicyclic) bond motifs is 1. The molecule has 0 radical (unpaired) electrons. The van der Waals surface area contributed by atoms with E-state index < -0.39 is 0 Å². The zero-order valence-corrected chi connectivity index (χ0v) is 13.7. The Balaban J connectivity index is 1.44. The molecule has 2 aromatic rings. The van der Waals surface area contributed by atoms with Gasteiger partial charge in [0.15, 0.2) is 0 Å². The number of amides is 1. The maximum absolute atomic E-state index is 12.8. The Morgan fingerprint density at radius 3 is 2.75 bits per heavy atom. The van der Waals surface area contributed by atoms with Crippen LogP contribution in [0.4, 0.5) is 0 Å². The molecular weight excluding hydrogens is 300 g/mol. The van der Waals surface area contributed by atoms with Gasteiger partial charge in [-0.3, -0.25) is 9.69 Å². The number of phenols is 1. The van der Waals surface area contributed by atoms with Crippen molar-refractivity contribution in [1.29, 1.82) is 0 Å². The number of aromatic hydroxyl groups is 1. The summed E-state index contributed by atoms with van der Waals surface area (Å²) >= 11 is 0. The highest BCUT2D eigenvalue weighted by Gasteiger charge is 2.34. The van der Waals surface area contributed by atoms with Crippen molar-refractivity contribution in [3.05, 3.63) is 65.2 Å². The summed E-state index contributed by atoms with van der Waals surface area (Å²) in [5.41, 5.74) is 3.04. The molecule has 1 amide bonds. The second-order valence-corrected chi connectivity index (χ2v) is 6.75. The average Bonchev–Trinajstić information content (AvgIpc) is 3.04. The minimum Gasteiger partial charge on any atom is -0.508 e. The van der Waals surface area contributed by atoms with Crippen molar-refractivity contribution < 1.29 is 9.90 Å². The van der Waals surface area contributed by atoms with Gasteiger partial charge in [0.1, 0.15) is 5.75 Å². The SMILES string of the molecule is O=C1c2ccc(O)cc2CCN1C1CCN(Cc2ccccc2)C1. The number of carbonyl (C=O) groups is 1. The smallest absolute Gasteiger partial charge is 0.254 e. The summed E-state index contributed by atoms with van der Waals surface area (Å²) in [4.78, 5) is 17.3. The standard InChI is InChI=1S/C20H22N2O2/c23-18-6-7-19-16(12-18)8-11-22(20(19)24)17-9-10-21(14-17)13-15-4-2-1-3-5-15/h1-7,12,17,23H,8-11,13-14H2. The summed E-state index contributed by atoms with van der Waals surface area (Å²) in [6.07, 6.45) is 1.86. The van der Waals surface area contributed by atoms with E-state index in [0.29, 0.717) is 6.04 Å². The second kappa shape index (κ2) is 6.29. The molecule has 0 aliphatic carbocycles. The third kappa shape index (κ3) is 2.89. The van der Waals surface area contributed by atoms with E-state index in [1.807, 2.05) is 11.0 Å². The van der Waals surface area contributed by atoms with Gasteiger partial charge >= 0.3 is 0 Å². The Morgan fingerprint density at radius 2 is 1.92 bits per heavy atom. The van der Waals surface area contributed by atoms with E-state index in [1.54, 1.807) is 18.2 Å². The average molecular weight is 322 g/mol. The molecule has 2 aliphatic rings. The zero-order valence-electron chi connectivity index (χ0n) is 13.7. The molecule has 4 rings (SSSR count). The van der Waals surface area contributed by atoms with E-state index in [9.17, 15) is 9.90 Å². The largest absolute Gasteiger partial charge is 0.508 e. The molecule has 0 bridgehead atoms. The number of hydrogen-bond donors (Lipinski definition) is 1. The van der Waals surface area contributed by atoms with Crippen molar-refractivity contribution >= 4 is 5.91 Å². The molecule has 1 atom stereocenters. The molecule has 24 heavy (non-hydrogen) atoms. The van der Waals surface area contributed by atoms with Crippen LogP contribution in [0.15, 0.2) is 48.5 Å². The van der Waals surface area contributed by atoms with E-state index >= 15 is 0 Å². The first kappa shape index (κ1) is 15.2. The van der Waals surface area contributed by atoms with Crippen LogP contribution in [0.1, 0.15) is 27.9 Å². The van der Waals surface area contributed by atoms with E-state index in [0.717, 1.165) is 50.1 Å².